The zero-order valence-corrected chi connectivity index (χ0v) is 16.8. The van der Waals surface area contributed by atoms with Crippen molar-refractivity contribution in [1.29, 1.82) is 0 Å². The number of hydrogen-bond acceptors (Lipinski definition) is 7. The van der Waals surface area contributed by atoms with E-state index < -0.39 is 0 Å². The third-order valence-corrected chi connectivity index (χ3v) is 6.92. The maximum Gasteiger partial charge on any atom is 0.282 e. The van der Waals surface area contributed by atoms with E-state index in [1.165, 1.54) is 11.3 Å². The van der Waals surface area contributed by atoms with Crippen molar-refractivity contribution in [3.63, 3.8) is 0 Å². The predicted molar refractivity (Wildman–Crippen MR) is 102 cm³/mol. The lowest BCUT2D eigenvalue weighted by Gasteiger charge is -2.50. The van der Waals surface area contributed by atoms with Crippen LogP contribution in [0.5, 0.6) is 0 Å². The van der Waals surface area contributed by atoms with Crippen LogP contribution < -0.4 is 0 Å². The lowest BCUT2D eigenvalue weighted by molar-refractivity contribution is -0.134. The maximum absolute atomic E-state index is 13.2. The summed E-state index contributed by atoms with van der Waals surface area (Å²) >= 11 is 1.38. The standard InChI is InChI=1S/C18H27N5O3S/c1-20-8-9-22-14(13-20)16(24)23(10-11-26-2)18(22)3-6-21(7-4-18)17(25)15-19-5-12-27-15/h5,12,14H,3-4,6-11,13H2,1-2H3/t14-/m1/s1. The molecule has 0 N–H and O–H groups in total. The minimum absolute atomic E-state index is 0.00235. The van der Waals surface area contributed by atoms with Crippen LogP contribution in [0, 0.1) is 0 Å². The molecular weight excluding hydrogens is 366 g/mol. The molecule has 1 atom stereocenters. The molecule has 8 nitrogen and oxygen atoms in total. The number of thiazole rings is 1. The normalized spacial score (nSPS) is 26.0. The first-order valence-corrected chi connectivity index (χ1v) is 10.4. The molecule has 0 radical (unpaired) electrons. The van der Waals surface area contributed by atoms with Gasteiger partial charge in [0.25, 0.3) is 5.91 Å². The molecule has 0 bridgehead atoms. The number of piperazine rings is 1. The Kier molecular flexibility index (Phi) is 5.19. The SMILES string of the molecule is COCCN1C(=O)[C@H]2CN(C)CCN2C12CCN(C(=O)c1nccs1)CC2. The van der Waals surface area contributed by atoms with Crippen molar-refractivity contribution in [1.82, 2.24) is 24.6 Å². The molecule has 148 valence electrons. The summed E-state index contributed by atoms with van der Waals surface area (Å²) in [5.74, 6) is 0.209. The zero-order chi connectivity index (χ0) is 19.0. The van der Waals surface area contributed by atoms with E-state index in [1.54, 1.807) is 13.3 Å². The Balaban J connectivity index is 1.54. The van der Waals surface area contributed by atoms with Crippen LogP contribution in [0.4, 0.5) is 0 Å². The van der Waals surface area contributed by atoms with E-state index in [0.29, 0.717) is 31.2 Å². The molecule has 27 heavy (non-hydrogen) atoms. The van der Waals surface area contributed by atoms with Crippen LogP contribution in [0.25, 0.3) is 0 Å². The van der Waals surface area contributed by atoms with Gasteiger partial charge >= 0.3 is 0 Å². The molecule has 0 saturated carbocycles. The van der Waals surface area contributed by atoms with Gasteiger partial charge in [-0.2, -0.15) is 0 Å². The predicted octanol–water partition coefficient (Wildman–Crippen LogP) is 0.180. The van der Waals surface area contributed by atoms with E-state index in [4.69, 9.17) is 4.74 Å². The molecule has 3 saturated heterocycles. The van der Waals surface area contributed by atoms with Crippen LogP contribution in [0.1, 0.15) is 22.6 Å². The van der Waals surface area contributed by atoms with Crippen molar-refractivity contribution in [2.75, 3.05) is 60.0 Å². The molecule has 1 spiro atoms. The zero-order valence-electron chi connectivity index (χ0n) is 16.0. The Morgan fingerprint density at radius 1 is 1.33 bits per heavy atom. The first-order valence-electron chi connectivity index (χ1n) is 9.51. The number of fused-ring (bicyclic) bond motifs is 2. The summed E-state index contributed by atoms with van der Waals surface area (Å²) in [6.45, 7) is 5.05. The number of aromatic nitrogens is 1. The minimum atomic E-state index is -0.290. The number of carbonyl (C=O) groups is 2. The minimum Gasteiger partial charge on any atom is -0.383 e. The smallest absolute Gasteiger partial charge is 0.282 e. The number of carbonyl (C=O) groups excluding carboxylic acids is 2. The highest BCUT2D eigenvalue weighted by Gasteiger charge is 2.58. The van der Waals surface area contributed by atoms with Crippen LogP contribution in [0.3, 0.4) is 0 Å². The lowest BCUT2D eigenvalue weighted by atomic mass is 9.93. The average molecular weight is 394 g/mol. The van der Waals surface area contributed by atoms with E-state index >= 15 is 0 Å². The van der Waals surface area contributed by atoms with E-state index in [2.05, 4.69) is 21.8 Å². The van der Waals surface area contributed by atoms with E-state index in [-0.39, 0.29) is 23.5 Å². The number of nitrogens with zero attached hydrogens (tertiary/aromatic N) is 5. The Bertz CT molecular complexity index is 689. The molecule has 3 aliphatic rings. The number of likely N-dealkylation sites (tertiary alicyclic amines) is 1. The molecule has 3 fully saturated rings. The van der Waals surface area contributed by atoms with E-state index in [0.717, 1.165) is 32.5 Å². The number of methoxy groups -OCH3 is 1. The largest absolute Gasteiger partial charge is 0.383 e. The summed E-state index contributed by atoms with van der Waals surface area (Å²) in [7, 11) is 3.74. The van der Waals surface area contributed by atoms with Gasteiger partial charge in [0.1, 0.15) is 11.7 Å². The Labute approximate surface area is 163 Å². The second-order valence-corrected chi connectivity index (χ2v) is 8.46. The van der Waals surface area contributed by atoms with Crippen molar-refractivity contribution in [3.05, 3.63) is 16.6 Å². The summed E-state index contributed by atoms with van der Waals surface area (Å²) < 4.78 is 5.27. The molecule has 0 aromatic carbocycles. The van der Waals surface area contributed by atoms with Gasteiger partial charge in [-0.15, -0.1) is 11.3 Å². The van der Waals surface area contributed by atoms with Crippen molar-refractivity contribution in [3.8, 4) is 0 Å². The lowest BCUT2D eigenvalue weighted by Crippen LogP contribution is -2.63. The summed E-state index contributed by atoms with van der Waals surface area (Å²) in [4.78, 5) is 38.5. The van der Waals surface area contributed by atoms with Gasteiger partial charge in [-0.05, 0) is 7.05 Å². The second kappa shape index (κ2) is 7.46. The maximum atomic E-state index is 13.2. The summed E-state index contributed by atoms with van der Waals surface area (Å²) in [5.41, 5.74) is -0.290. The van der Waals surface area contributed by atoms with Crippen LogP contribution >= 0.6 is 11.3 Å². The van der Waals surface area contributed by atoms with Crippen LogP contribution in [0.2, 0.25) is 0 Å². The van der Waals surface area contributed by atoms with Crippen molar-refractivity contribution >= 4 is 23.2 Å². The number of piperidine rings is 1. The topological polar surface area (TPSA) is 69.2 Å². The highest BCUT2D eigenvalue weighted by molar-refractivity contribution is 7.11. The third kappa shape index (κ3) is 3.16. The Morgan fingerprint density at radius 3 is 2.78 bits per heavy atom. The molecule has 3 aliphatic heterocycles. The molecule has 4 heterocycles. The van der Waals surface area contributed by atoms with Gasteiger partial charge in [-0.3, -0.25) is 14.5 Å². The fourth-order valence-corrected chi connectivity index (χ4v) is 5.36. The van der Waals surface area contributed by atoms with Crippen molar-refractivity contribution < 1.29 is 14.3 Å². The average Bonchev–Trinajstić information content (AvgIpc) is 3.28. The number of hydrogen-bond donors (Lipinski definition) is 0. The second-order valence-electron chi connectivity index (χ2n) is 7.57. The van der Waals surface area contributed by atoms with Gasteiger partial charge in [0.2, 0.25) is 5.91 Å². The van der Waals surface area contributed by atoms with Gasteiger partial charge in [0, 0.05) is 70.8 Å². The van der Waals surface area contributed by atoms with Crippen LogP contribution in [-0.4, -0.2) is 108 Å². The van der Waals surface area contributed by atoms with Gasteiger partial charge in [-0.1, -0.05) is 0 Å². The summed E-state index contributed by atoms with van der Waals surface area (Å²) in [6.07, 6.45) is 3.22. The quantitative estimate of drug-likeness (QED) is 0.727. The van der Waals surface area contributed by atoms with E-state index in [1.807, 2.05) is 15.2 Å². The van der Waals surface area contributed by atoms with Crippen LogP contribution in [-0.2, 0) is 9.53 Å². The highest BCUT2D eigenvalue weighted by Crippen LogP contribution is 2.41. The summed E-state index contributed by atoms with van der Waals surface area (Å²) in [5, 5.41) is 2.37. The highest BCUT2D eigenvalue weighted by atomic mass is 32.1. The molecular formula is C18H27N5O3S. The monoisotopic (exact) mass is 393 g/mol. The Morgan fingerprint density at radius 2 is 2.11 bits per heavy atom. The van der Waals surface area contributed by atoms with Crippen LogP contribution in [0.15, 0.2) is 11.6 Å². The van der Waals surface area contributed by atoms with Crippen molar-refractivity contribution in [2.24, 2.45) is 0 Å². The molecule has 0 aliphatic carbocycles. The fourth-order valence-electron chi connectivity index (χ4n) is 4.76. The first kappa shape index (κ1) is 18.8. The summed E-state index contributed by atoms with van der Waals surface area (Å²) in [6, 6.07) is -0.0816. The molecule has 2 amide bonds. The first-order chi connectivity index (χ1) is 13.1. The third-order valence-electron chi connectivity index (χ3n) is 6.16. The van der Waals surface area contributed by atoms with Gasteiger partial charge in [0.15, 0.2) is 5.01 Å². The van der Waals surface area contributed by atoms with Gasteiger partial charge < -0.3 is 19.4 Å². The van der Waals surface area contributed by atoms with E-state index in [9.17, 15) is 9.59 Å². The number of amides is 2. The Hall–Kier alpha value is -1.55. The number of likely N-dealkylation sites (N-methyl/N-ethyl adjacent to an activating group) is 1. The van der Waals surface area contributed by atoms with Gasteiger partial charge in [0.05, 0.1) is 6.61 Å². The molecule has 1 aromatic heterocycles. The molecule has 0 unspecified atom stereocenters. The molecule has 4 rings (SSSR count). The number of rotatable bonds is 4. The number of ether oxygens (including phenoxy) is 1. The van der Waals surface area contributed by atoms with Gasteiger partial charge in [-0.25, -0.2) is 4.98 Å². The molecule has 1 aromatic rings. The van der Waals surface area contributed by atoms with Crippen molar-refractivity contribution in [2.45, 2.75) is 24.5 Å². The molecule has 9 heteroatoms. The fraction of sp³-hybridized carbons (Fsp3) is 0.722.